The van der Waals surface area contributed by atoms with E-state index < -0.39 is 0 Å². The highest BCUT2D eigenvalue weighted by atomic mass is 16.3. The fourth-order valence-electron chi connectivity index (χ4n) is 2.88. The maximum atomic E-state index is 12.3. The van der Waals surface area contributed by atoms with Crippen LogP contribution in [0.25, 0.3) is 0 Å². The molecule has 1 aliphatic rings. The van der Waals surface area contributed by atoms with E-state index >= 15 is 0 Å². The van der Waals surface area contributed by atoms with Crippen LogP contribution in [-0.2, 0) is 4.79 Å². The lowest BCUT2D eigenvalue weighted by Gasteiger charge is -2.39. The van der Waals surface area contributed by atoms with Crippen LogP contribution >= 0.6 is 0 Å². The third-order valence-electron chi connectivity index (χ3n) is 3.93. The number of amides is 1. The van der Waals surface area contributed by atoms with Crippen molar-refractivity contribution in [1.29, 1.82) is 0 Å². The van der Waals surface area contributed by atoms with Crippen LogP contribution in [0.5, 0.6) is 0 Å². The standard InChI is InChI=1S/C17H34N2O2/c1-13(2)8-16(21)19-10-14(6-7-20)9-15(11-19)18-12-17(3,4)5/h13-15,18,20H,6-12H2,1-5H3. The summed E-state index contributed by atoms with van der Waals surface area (Å²) in [5.74, 6) is 1.07. The van der Waals surface area contributed by atoms with Gasteiger partial charge in [0.25, 0.3) is 0 Å². The van der Waals surface area contributed by atoms with Crippen LogP contribution in [0.4, 0.5) is 0 Å². The molecule has 0 aromatic rings. The minimum Gasteiger partial charge on any atom is -0.396 e. The second kappa shape index (κ2) is 8.14. The summed E-state index contributed by atoms with van der Waals surface area (Å²) in [5, 5.41) is 12.8. The highest BCUT2D eigenvalue weighted by Gasteiger charge is 2.30. The fraction of sp³-hybridized carbons (Fsp3) is 0.941. The van der Waals surface area contributed by atoms with Gasteiger partial charge in [0.2, 0.25) is 5.91 Å². The number of carbonyl (C=O) groups is 1. The van der Waals surface area contributed by atoms with Gasteiger partial charge in [-0.15, -0.1) is 0 Å². The number of hydrogen-bond acceptors (Lipinski definition) is 3. The van der Waals surface area contributed by atoms with Crippen molar-refractivity contribution in [3.05, 3.63) is 0 Å². The monoisotopic (exact) mass is 298 g/mol. The summed E-state index contributed by atoms with van der Waals surface area (Å²) in [6, 6.07) is 0.352. The molecule has 2 atom stereocenters. The van der Waals surface area contributed by atoms with Crippen LogP contribution in [0.15, 0.2) is 0 Å². The van der Waals surface area contributed by atoms with Crippen molar-refractivity contribution in [3.8, 4) is 0 Å². The van der Waals surface area contributed by atoms with Gasteiger partial charge in [0, 0.05) is 38.7 Å². The molecule has 1 fully saturated rings. The summed E-state index contributed by atoms with van der Waals surface area (Å²) in [7, 11) is 0. The number of aliphatic hydroxyl groups excluding tert-OH is 1. The van der Waals surface area contributed by atoms with E-state index in [1.807, 2.05) is 4.90 Å². The molecule has 4 nitrogen and oxygen atoms in total. The smallest absolute Gasteiger partial charge is 0.222 e. The predicted octanol–water partition coefficient (Wildman–Crippen LogP) is 2.27. The molecule has 0 aliphatic carbocycles. The molecule has 1 rings (SSSR count). The molecule has 21 heavy (non-hydrogen) atoms. The molecule has 4 heteroatoms. The molecule has 1 saturated heterocycles. The lowest BCUT2D eigenvalue weighted by atomic mass is 9.89. The molecule has 1 heterocycles. The number of piperidine rings is 1. The minimum absolute atomic E-state index is 0.211. The van der Waals surface area contributed by atoms with Gasteiger partial charge >= 0.3 is 0 Å². The maximum absolute atomic E-state index is 12.3. The Bertz CT molecular complexity index is 323. The lowest BCUT2D eigenvalue weighted by molar-refractivity contribution is -0.134. The zero-order valence-corrected chi connectivity index (χ0v) is 14.5. The Labute approximate surface area is 130 Å². The van der Waals surface area contributed by atoms with E-state index in [1.54, 1.807) is 0 Å². The first-order chi connectivity index (χ1) is 9.71. The van der Waals surface area contributed by atoms with E-state index in [9.17, 15) is 9.90 Å². The molecule has 0 aromatic carbocycles. The van der Waals surface area contributed by atoms with Crippen molar-refractivity contribution in [2.45, 2.75) is 59.9 Å². The molecule has 2 unspecified atom stereocenters. The normalized spacial score (nSPS) is 23.7. The van der Waals surface area contributed by atoms with Crippen LogP contribution < -0.4 is 5.32 Å². The van der Waals surface area contributed by atoms with Crippen molar-refractivity contribution < 1.29 is 9.90 Å². The Kier molecular flexibility index (Phi) is 7.14. The SMILES string of the molecule is CC(C)CC(=O)N1CC(CCO)CC(NCC(C)(C)C)C1. The second-order valence-electron chi connectivity index (χ2n) is 8.15. The molecule has 0 radical (unpaired) electrons. The molecule has 0 saturated carbocycles. The van der Waals surface area contributed by atoms with Gasteiger partial charge in [0.05, 0.1) is 0 Å². The minimum atomic E-state index is 0.211. The van der Waals surface area contributed by atoms with E-state index in [2.05, 4.69) is 39.9 Å². The average molecular weight is 298 g/mol. The molecular weight excluding hydrogens is 264 g/mol. The topological polar surface area (TPSA) is 52.6 Å². The van der Waals surface area contributed by atoms with Crippen molar-refractivity contribution >= 4 is 5.91 Å². The number of nitrogens with one attached hydrogen (secondary N) is 1. The summed E-state index contributed by atoms with van der Waals surface area (Å²) in [4.78, 5) is 14.3. The lowest BCUT2D eigenvalue weighted by Crippen LogP contribution is -2.52. The summed E-state index contributed by atoms with van der Waals surface area (Å²) >= 11 is 0. The number of rotatable bonds is 6. The van der Waals surface area contributed by atoms with Crippen molar-refractivity contribution in [2.75, 3.05) is 26.2 Å². The second-order valence-corrected chi connectivity index (χ2v) is 8.15. The van der Waals surface area contributed by atoms with Crippen molar-refractivity contribution in [1.82, 2.24) is 10.2 Å². The summed E-state index contributed by atoms with van der Waals surface area (Å²) in [5.41, 5.74) is 0.247. The van der Waals surface area contributed by atoms with Crippen LogP contribution in [0.1, 0.15) is 53.9 Å². The molecular formula is C17H34N2O2. The fourth-order valence-corrected chi connectivity index (χ4v) is 2.88. The van der Waals surface area contributed by atoms with Crippen LogP contribution in [0.2, 0.25) is 0 Å². The van der Waals surface area contributed by atoms with Crippen molar-refractivity contribution in [2.24, 2.45) is 17.3 Å². The average Bonchev–Trinajstić information content (AvgIpc) is 2.35. The van der Waals surface area contributed by atoms with Crippen molar-refractivity contribution in [3.63, 3.8) is 0 Å². The first-order valence-corrected chi connectivity index (χ1v) is 8.33. The first-order valence-electron chi connectivity index (χ1n) is 8.33. The molecule has 0 bridgehead atoms. The highest BCUT2D eigenvalue weighted by Crippen LogP contribution is 2.22. The third-order valence-corrected chi connectivity index (χ3v) is 3.93. The van der Waals surface area contributed by atoms with Gasteiger partial charge in [-0.05, 0) is 30.1 Å². The Hall–Kier alpha value is -0.610. The number of nitrogens with zero attached hydrogens (tertiary/aromatic N) is 1. The van der Waals surface area contributed by atoms with Gasteiger partial charge in [-0.1, -0.05) is 34.6 Å². The van der Waals surface area contributed by atoms with Crippen LogP contribution in [-0.4, -0.2) is 48.2 Å². The zero-order valence-electron chi connectivity index (χ0n) is 14.5. The zero-order chi connectivity index (χ0) is 16.0. The molecule has 1 aliphatic heterocycles. The Morgan fingerprint density at radius 1 is 1.33 bits per heavy atom. The third kappa shape index (κ3) is 7.28. The van der Waals surface area contributed by atoms with Crippen LogP contribution in [0.3, 0.4) is 0 Å². The number of carbonyl (C=O) groups excluding carboxylic acids is 1. The van der Waals surface area contributed by atoms with Gasteiger partial charge in [-0.2, -0.15) is 0 Å². The predicted molar refractivity (Wildman–Crippen MR) is 87.1 cm³/mol. The van der Waals surface area contributed by atoms with Gasteiger partial charge in [-0.25, -0.2) is 0 Å². The van der Waals surface area contributed by atoms with Gasteiger partial charge in [0.15, 0.2) is 0 Å². The van der Waals surface area contributed by atoms with Gasteiger partial charge in [-0.3, -0.25) is 4.79 Å². The molecule has 1 amide bonds. The number of aliphatic hydroxyl groups is 1. The van der Waals surface area contributed by atoms with Gasteiger partial charge < -0.3 is 15.3 Å². The Morgan fingerprint density at radius 3 is 2.52 bits per heavy atom. The first kappa shape index (κ1) is 18.4. The highest BCUT2D eigenvalue weighted by molar-refractivity contribution is 5.76. The van der Waals surface area contributed by atoms with E-state index in [4.69, 9.17) is 0 Å². The molecule has 124 valence electrons. The van der Waals surface area contributed by atoms with E-state index in [0.29, 0.717) is 24.3 Å². The quantitative estimate of drug-likeness (QED) is 0.791. The Balaban J connectivity index is 2.61. The summed E-state index contributed by atoms with van der Waals surface area (Å²) in [6.07, 6.45) is 2.47. The van der Waals surface area contributed by atoms with E-state index in [1.165, 1.54) is 0 Å². The summed E-state index contributed by atoms with van der Waals surface area (Å²) in [6.45, 7) is 13.6. The van der Waals surface area contributed by atoms with E-state index in [-0.39, 0.29) is 17.9 Å². The molecule has 0 spiro atoms. The number of likely N-dealkylation sites (tertiary alicyclic amines) is 1. The molecule has 0 aromatic heterocycles. The number of hydrogen-bond donors (Lipinski definition) is 2. The largest absolute Gasteiger partial charge is 0.396 e. The van der Waals surface area contributed by atoms with Gasteiger partial charge in [0.1, 0.15) is 0 Å². The van der Waals surface area contributed by atoms with Crippen LogP contribution in [0, 0.1) is 17.3 Å². The van der Waals surface area contributed by atoms with E-state index in [0.717, 1.165) is 32.5 Å². The Morgan fingerprint density at radius 2 is 2.00 bits per heavy atom. The summed E-state index contributed by atoms with van der Waals surface area (Å²) < 4.78 is 0. The molecule has 2 N–H and O–H groups in total. The maximum Gasteiger partial charge on any atom is 0.222 e.